The van der Waals surface area contributed by atoms with Gasteiger partial charge in [0.05, 0.1) is 12.7 Å². The number of aromatic nitrogens is 3. The van der Waals surface area contributed by atoms with Gasteiger partial charge in [-0.2, -0.15) is 10.1 Å². The monoisotopic (exact) mass is 382 g/mol. The maximum Gasteiger partial charge on any atom is 0.259 e. The third kappa shape index (κ3) is 2.94. The largest absolute Gasteiger partial charge is 0.491 e. The predicted molar refractivity (Wildman–Crippen MR) is 97.9 cm³/mol. The summed E-state index contributed by atoms with van der Waals surface area (Å²) in [5.41, 5.74) is 1.51. The van der Waals surface area contributed by atoms with Crippen LogP contribution in [0.1, 0.15) is 34.9 Å². The van der Waals surface area contributed by atoms with Crippen molar-refractivity contribution in [3.05, 3.63) is 53.6 Å². The molecule has 144 valence electrons. The van der Waals surface area contributed by atoms with Crippen molar-refractivity contribution in [1.29, 1.82) is 0 Å². The second-order valence-corrected chi connectivity index (χ2v) is 7.23. The number of carbonyl (C=O) groups excluding carboxylic acids is 1. The van der Waals surface area contributed by atoms with E-state index in [0.717, 1.165) is 12.8 Å². The lowest BCUT2D eigenvalue weighted by Gasteiger charge is -2.22. The lowest BCUT2D eigenvalue weighted by atomic mass is 10.0. The minimum absolute atomic E-state index is 0.194. The molecule has 5 rings (SSSR count). The molecule has 1 amide bonds. The van der Waals surface area contributed by atoms with Crippen molar-refractivity contribution in [2.45, 2.75) is 18.9 Å². The smallest absolute Gasteiger partial charge is 0.259 e. The topological polar surface area (TPSA) is 69.0 Å². The number of fused-ring (bicyclic) bond motifs is 2. The molecule has 0 unspecified atom stereocenters. The fourth-order valence-electron chi connectivity index (χ4n) is 3.48. The molecule has 3 aromatic rings. The number of carbonyl (C=O) groups is 1. The Balaban J connectivity index is 1.64. The minimum atomic E-state index is -0.360. The average molecular weight is 382 g/mol. The van der Waals surface area contributed by atoms with Crippen molar-refractivity contribution >= 4 is 11.6 Å². The van der Waals surface area contributed by atoms with Crippen LogP contribution >= 0.6 is 0 Å². The second-order valence-electron chi connectivity index (χ2n) is 7.23. The maximum absolute atomic E-state index is 14.0. The van der Waals surface area contributed by atoms with Gasteiger partial charge in [0, 0.05) is 30.8 Å². The first-order chi connectivity index (χ1) is 13.6. The van der Waals surface area contributed by atoms with Crippen molar-refractivity contribution in [1.82, 2.24) is 19.5 Å². The number of benzene rings is 1. The molecule has 8 heteroatoms. The summed E-state index contributed by atoms with van der Waals surface area (Å²) < 4.78 is 27.7. The minimum Gasteiger partial charge on any atom is -0.491 e. The fourth-order valence-corrected chi connectivity index (χ4v) is 3.48. The zero-order chi connectivity index (χ0) is 19.3. The zero-order valence-electron chi connectivity index (χ0n) is 15.3. The Morgan fingerprint density at radius 1 is 1.25 bits per heavy atom. The first kappa shape index (κ1) is 17.0. The van der Waals surface area contributed by atoms with E-state index in [-0.39, 0.29) is 30.4 Å². The Morgan fingerprint density at radius 3 is 2.93 bits per heavy atom. The number of likely N-dealkylation sites (N-methyl/N-ethyl adjacent to an activating group) is 1. The lowest BCUT2D eigenvalue weighted by Crippen LogP contribution is -2.31. The molecule has 28 heavy (non-hydrogen) atoms. The van der Waals surface area contributed by atoms with Gasteiger partial charge < -0.3 is 14.4 Å². The summed E-state index contributed by atoms with van der Waals surface area (Å²) in [6, 6.07) is 6.16. The van der Waals surface area contributed by atoms with E-state index < -0.39 is 0 Å². The number of nitrogens with zero attached hydrogens (tertiary/aromatic N) is 4. The van der Waals surface area contributed by atoms with Crippen molar-refractivity contribution in [3.63, 3.8) is 0 Å². The highest BCUT2D eigenvalue weighted by Crippen LogP contribution is 2.46. The summed E-state index contributed by atoms with van der Waals surface area (Å²) in [4.78, 5) is 18.9. The van der Waals surface area contributed by atoms with Crippen LogP contribution in [-0.4, -0.2) is 45.6 Å². The lowest BCUT2D eigenvalue weighted by molar-refractivity contribution is 0.0774. The van der Waals surface area contributed by atoms with Gasteiger partial charge >= 0.3 is 0 Å². The average Bonchev–Trinajstić information content (AvgIpc) is 3.45. The first-order valence-electron chi connectivity index (χ1n) is 9.29. The van der Waals surface area contributed by atoms with Crippen LogP contribution in [0.15, 0.2) is 36.7 Å². The van der Waals surface area contributed by atoms with Crippen LogP contribution in [0.5, 0.6) is 11.6 Å². The van der Waals surface area contributed by atoms with Gasteiger partial charge in [-0.05, 0) is 31.0 Å². The van der Waals surface area contributed by atoms with Crippen LogP contribution < -0.4 is 9.47 Å². The molecular formula is C20H19FN4O3. The summed E-state index contributed by atoms with van der Waals surface area (Å²) >= 11 is 0. The first-order valence-corrected chi connectivity index (χ1v) is 9.29. The summed E-state index contributed by atoms with van der Waals surface area (Å²) in [6.45, 7) is 0.662. The van der Waals surface area contributed by atoms with E-state index in [2.05, 4.69) is 10.1 Å². The van der Waals surface area contributed by atoms with Crippen molar-refractivity contribution in [2.75, 3.05) is 20.2 Å². The van der Waals surface area contributed by atoms with Crippen LogP contribution in [0.3, 0.4) is 0 Å². The molecule has 2 aromatic heterocycles. The van der Waals surface area contributed by atoms with Gasteiger partial charge in [-0.15, -0.1) is 0 Å². The number of hydrogen-bond acceptors (Lipinski definition) is 5. The van der Waals surface area contributed by atoms with Crippen LogP contribution in [0.4, 0.5) is 4.39 Å². The van der Waals surface area contributed by atoms with E-state index >= 15 is 0 Å². The summed E-state index contributed by atoms with van der Waals surface area (Å²) in [6.07, 6.45) is 4.86. The van der Waals surface area contributed by atoms with Gasteiger partial charge in [0.2, 0.25) is 5.88 Å². The molecule has 7 nitrogen and oxygen atoms in total. The highest BCUT2D eigenvalue weighted by atomic mass is 19.1. The second kappa shape index (κ2) is 6.47. The molecule has 1 aliphatic heterocycles. The van der Waals surface area contributed by atoms with E-state index in [0.29, 0.717) is 34.9 Å². The van der Waals surface area contributed by atoms with Crippen LogP contribution in [0.25, 0.3) is 5.65 Å². The molecule has 0 radical (unpaired) electrons. The van der Waals surface area contributed by atoms with Gasteiger partial charge in [-0.3, -0.25) is 4.79 Å². The molecule has 0 spiro atoms. The van der Waals surface area contributed by atoms with Gasteiger partial charge in [0.25, 0.3) is 5.91 Å². The Hall–Kier alpha value is -3.16. The number of ether oxygens (including phenoxy) is 2. The zero-order valence-corrected chi connectivity index (χ0v) is 15.3. The van der Waals surface area contributed by atoms with E-state index in [9.17, 15) is 9.18 Å². The van der Waals surface area contributed by atoms with E-state index in [1.54, 1.807) is 34.8 Å². The molecule has 2 bridgehead atoms. The summed E-state index contributed by atoms with van der Waals surface area (Å²) in [5, 5.41) is 4.20. The Morgan fingerprint density at radius 2 is 2.11 bits per heavy atom. The molecule has 1 aromatic carbocycles. The highest BCUT2D eigenvalue weighted by Gasteiger charge is 2.37. The molecule has 0 saturated heterocycles. The van der Waals surface area contributed by atoms with E-state index in [4.69, 9.17) is 9.47 Å². The standard InChI is InChI=1S/C20H19FN4O3/c1-24-8-9-27-16-5-4-13(21)10-14(16)18(12-2-3-12)28-17-6-7-25-19(23-17)15(11-22-25)20(24)26/h4-7,10-12,18H,2-3,8-9H2,1H3/t18-/m1/s1. The molecule has 1 fully saturated rings. The van der Waals surface area contributed by atoms with Crippen molar-refractivity contribution < 1.29 is 18.7 Å². The SMILES string of the molecule is CN1CCOc2ccc(F)cc2[C@@H](C2CC2)Oc2ccn3ncc(c3n2)C1=O. The third-order valence-electron chi connectivity index (χ3n) is 5.18. The number of rotatable bonds is 1. The van der Waals surface area contributed by atoms with Crippen molar-refractivity contribution in [2.24, 2.45) is 5.92 Å². The molecular weight excluding hydrogens is 363 g/mol. The summed E-state index contributed by atoms with van der Waals surface area (Å²) in [7, 11) is 1.70. The molecule has 1 saturated carbocycles. The molecule has 1 atom stereocenters. The number of hydrogen-bond donors (Lipinski definition) is 0. The number of amides is 1. The molecule has 0 N–H and O–H groups in total. The normalized spacial score (nSPS) is 20.0. The number of halogens is 1. The van der Waals surface area contributed by atoms with Gasteiger partial charge in [-0.1, -0.05) is 0 Å². The van der Waals surface area contributed by atoms with Crippen molar-refractivity contribution in [3.8, 4) is 11.6 Å². The maximum atomic E-state index is 14.0. The van der Waals surface area contributed by atoms with Crippen LogP contribution in [0.2, 0.25) is 0 Å². The molecule has 2 aliphatic rings. The van der Waals surface area contributed by atoms with Crippen LogP contribution in [0, 0.1) is 11.7 Å². The fraction of sp³-hybridized carbons (Fsp3) is 0.350. The molecule has 1 aliphatic carbocycles. The quantitative estimate of drug-likeness (QED) is 0.647. The third-order valence-corrected chi connectivity index (χ3v) is 5.18. The van der Waals surface area contributed by atoms with Gasteiger partial charge in [-0.25, -0.2) is 8.91 Å². The molecule has 3 heterocycles. The van der Waals surface area contributed by atoms with E-state index in [1.165, 1.54) is 18.3 Å². The van der Waals surface area contributed by atoms with Gasteiger partial charge in [0.15, 0.2) is 5.65 Å². The Bertz CT molecular complexity index is 1060. The Kier molecular flexibility index (Phi) is 3.92. The van der Waals surface area contributed by atoms with Gasteiger partial charge in [0.1, 0.15) is 29.8 Å². The van der Waals surface area contributed by atoms with Crippen LogP contribution in [-0.2, 0) is 0 Å². The summed E-state index contributed by atoms with van der Waals surface area (Å²) in [5.74, 6) is 0.690. The predicted octanol–water partition coefficient (Wildman–Crippen LogP) is 2.86. The van der Waals surface area contributed by atoms with E-state index in [1.807, 2.05) is 0 Å². The Labute approximate surface area is 160 Å². The highest BCUT2D eigenvalue weighted by molar-refractivity contribution is 5.99.